The molecule has 0 aliphatic rings. The summed E-state index contributed by atoms with van der Waals surface area (Å²) in [6.07, 6.45) is -4.80. The van der Waals surface area contributed by atoms with Gasteiger partial charge in [-0.1, -0.05) is 12.1 Å². The monoisotopic (exact) mass is 562 g/mol. The third kappa shape index (κ3) is 6.53. The van der Waals surface area contributed by atoms with E-state index in [1.165, 1.54) is 36.4 Å². The zero-order chi connectivity index (χ0) is 29.9. The molecule has 0 saturated heterocycles. The van der Waals surface area contributed by atoms with Gasteiger partial charge in [-0.3, -0.25) is 9.59 Å². The molecule has 0 spiro atoms. The van der Waals surface area contributed by atoms with Crippen LogP contribution in [0.4, 0.5) is 35.9 Å². The molecule has 0 fully saturated rings. The van der Waals surface area contributed by atoms with E-state index in [9.17, 15) is 33.0 Å². The van der Waals surface area contributed by atoms with Crippen molar-refractivity contribution in [1.29, 1.82) is 0 Å². The molecule has 2 amide bonds. The van der Waals surface area contributed by atoms with E-state index in [2.05, 4.69) is 20.5 Å². The van der Waals surface area contributed by atoms with E-state index >= 15 is 0 Å². The molecule has 4 rings (SSSR count). The number of aromatic hydroxyl groups is 2. The molecule has 6 N–H and O–H groups in total. The van der Waals surface area contributed by atoms with Crippen LogP contribution in [0.5, 0.6) is 11.5 Å². The smallest absolute Gasteiger partial charge is 0.420 e. The Morgan fingerprint density at radius 3 is 1.44 bits per heavy atom. The number of nitrogens with zero attached hydrogens (tertiary/aromatic N) is 4. The van der Waals surface area contributed by atoms with Crippen molar-refractivity contribution in [1.82, 2.24) is 0 Å². The van der Waals surface area contributed by atoms with Gasteiger partial charge in [-0.05, 0) is 84.3 Å². The number of azo groups is 2. The predicted octanol–water partition coefficient (Wildman–Crippen LogP) is 7.12. The number of alkyl halides is 3. The summed E-state index contributed by atoms with van der Waals surface area (Å²) in [6.45, 7) is 1.70. The molecular weight excluding hydrogens is 541 g/mol. The minimum absolute atomic E-state index is 0.0176. The van der Waals surface area contributed by atoms with E-state index in [-0.39, 0.29) is 45.1 Å². The molecule has 13 heteroatoms. The first-order valence-corrected chi connectivity index (χ1v) is 11.7. The first-order chi connectivity index (χ1) is 19.3. The summed E-state index contributed by atoms with van der Waals surface area (Å²) in [5.74, 6) is -2.53. The largest absolute Gasteiger partial charge is 0.508 e. The number of carbonyl (C=O) groups excluding carboxylic acids is 2. The van der Waals surface area contributed by atoms with Crippen LogP contribution in [0.2, 0.25) is 0 Å². The second kappa shape index (κ2) is 11.3. The Morgan fingerprint density at radius 1 is 0.634 bits per heavy atom. The maximum absolute atomic E-state index is 13.1. The molecule has 0 aliphatic heterocycles. The molecule has 41 heavy (non-hydrogen) atoms. The Labute approximate surface area is 230 Å². The average molecular weight is 563 g/mol. The minimum Gasteiger partial charge on any atom is -0.508 e. The number of hydrogen-bond acceptors (Lipinski definition) is 8. The fourth-order valence-electron chi connectivity index (χ4n) is 3.81. The maximum Gasteiger partial charge on any atom is 0.420 e. The molecule has 4 aromatic carbocycles. The standard InChI is InChI=1S/C28H21F3N6O4/c1-14-10-15(4-8-24(14)38)34-35-16-2-6-19(21(11-16)26(32)40)20-7-3-17(12-22(20)27(33)41)36-37-18-5-9-25(39)23(13-18)28(29,30)31/h2-13,38-39H,1H3,(H2,32,40)(H2,33,41). The number of phenols is 2. The normalized spacial score (nSPS) is 11.8. The van der Waals surface area contributed by atoms with Crippen LogP contribution < -0.4 is 11.5 Å². The van der Waals surface area contributed by atoms with Gasteiger partial charge in [-0.2, -0.15) is 33.6 Å². The lowest BCUT2D eigenvalue weighted by Gasteiger charge is -2.12. The minimum atomic E-state index is -4.80. The summed E-state index contributed by atoms with van der Waals surface area (Å²) in [4.78, 5) is 24.6. The summed E-state index contributed by atoms with van der Waals surface area (Å²) >= 11 is 0. The van der Waals surface area contributed by atoms with Gasteiger partial charge < -0.3 is 21.7 Å². The molecular formula is C28H21F3N6O4. The zero-order valence-electron chi connectivity index (χ0n) is 21.2. The number of hydrogen-bond donors (Lipinski definition) is 4. The third-order valence-electron chi connectivity index (χ3n) is 5.86. The van der Waals surface area contributed by atoms with Crippen molar-refractivity contribution < 1.29 is 33.0 Å². The van der Waals surface area contributed by atoms with Crippen LogP contribution >= 0.6 is 0 Å². The summed E-state index contributed by atoms with van der Waals surface area (Å²) in [6, 6.07) is 15.8. The van der Waals surface area contributed by atoms with Crippen LogP contribution in [0.25, 0.3) is 11.1 Å². The van der Waals surface area contributed by atoms with Gasteiger partial charge in [-0.15, -0.1) is 0 Å². The lowest BCUT2D eigenvalue weighted by molar-refractivity contribution is -0.138. The van der Waals surface area contributed by atoms with Gasteiger partial charge in [0.15, 0.2) is 0 Å². The fourth-order valence-corrected chi connectivity index (χ4v) is 3.81. The molecule has 0 radical (unpaired) electrons. The number of primary amides is 2. The van der Waals surface area contributed by atoms with E-state index < -0.39 is 29.3 Å². The molecule has 0 atom stereocenters. The highest BCUT2D eigenvalue weighted by Gasteiger charge is 2.34. The highest BCUT2D eigenvalue weighted by Crippen LogP contribution is 2.38. The Bertz CT molecular complexity index is 1730. The molecule has 10 nitrogen and oxygen atoms in total. The SMILES string of the molecule is Cc1cc(N=Nc2ccc(-c3ccc(N=Nc4ccc(O)c(C(F)(F)F)c4)cc3C(N)=O)c(C(N)=O)c2)ccc1O. The number of amides is 2. The Morgan fingerprint density at radius 2 is 1.02 bits per heavy atom. The number of halogens is 3. The summed E-state index contributed by atoms with van der Waals surface area (Å²) in [5.41, 5.74) is 11.6. The Balaban J connectivity index is 1.68. The average Bonchev–Trinajstić information content (AvgIpc) is 2.92. The zero-order valence-corrected chi connectivity index (χ0v) is 21.2. The van der Waals surface area contributed by atoms with E-state index in [1.54, 1.807) is 25.1 Å². The molecule has 0 saturated carbocycles. The van der Waals surface area contributed by atoms with Gasteiger partial charge in [0.1, 0.15) is 11.5 Å². The van der Waals surface area contributed by atoms with Crippen molar-refractivity contribution in [3.8, 4) is 22.6 Å². The Hall–Kier alpha value is -5.59. The van der Waals surface area contributed by atoms with Gasteiger partial charge in [-0.25, -0.2) is 0 Å². The molecule has 0 unspecified atom stereocenters. The lowest BCUT2D eigenvalue weighted by atomic mass is 9.94. The molecule has 0 heterocycles. The van der Waals surface area contributed by atoms with Crippen LogP contribution in [0.1, 0.15) is 31.8 Å². The van der Waals surface area contributed by atoms with Crippen LogP contribution in [0.3, 0.4) is 0 Å². The van der Waals surface area contributed by atoms with Gasteiger partial charge in [0.25, 0.3) is 0 Å². The summed E-state index contributed by atoms with van der Waals surface area (Å²) < 4.78 is 39.2. The number of nitrogens with two attached hydrogens (primary N) is 2. The second-order valence-corrected chi connectivity index (χ2v) is 8.76. The Kier molecular flexibility index (Phi) is 7.80. The van der Waals surface area contributed by atoms with Crippen LogP contribution in [0, 0.1) is 6.92 Å². The topological polar surface area (TPSA) is 176 Å². The molecule has 0 aliphatic carbocycles. The van der Waals surface area contributed by atoms with Crippen LogP contribution in [-0.2, 0) is 6.18 Å². The van der Waals surface area contributed by atoms with E-state index in [4.69, 9.17) is 11.5 Å². The number of aryl methyl sites for hydroxylation is 1. The molecule has 0 aromatic heterocycles. The van der Waals surface area contributed by atoms with E-state index in [0.29, 0.717) is 17.3 Å². The number of phenolic OH excluding ortho intramolecular Hbond substituents is 2. The molecule has 4 aromatic rings. The van der Waals surface area contributed by atoms with Crippen molar-refractivity contribution in [2.24, 2.45) is 31.9 Å². The van der Waals surface area contributed by atoms with Gasteiger partial charge >= 0.3 is 6.18 Å². The van der Waals surface area contributed by atoms with Crippen LogP contribution in [-0.4, -0.2) is 22.0 Å². The summed E-state index contributed by atoms with van der Waals surface area (Å²) in [7, 11) is 0. The first-order valence-electron chi connectivity index (χ1n) is 11.7. The van der Waals surface area contributed by atoms with Gasteiger partial charge in [0.05, 0.1) is 28.3 Å². The number of carbonyl (C=O) groups is 2. The second-order valence-electron chi connectivity index (χ2n) is 8.76. The van der Waals surface area contributed by atoms with Gasteiger partial charge in [0, 0.05) is 11.1 Å². The molecule has 208 valence electrons. The van der Waals surface area contributed by atoms with Crippen molar-refractivity contribution >= 4 is 34.6 Å². The summed E-state index contributed by atoms with van der Waals surface area (Å²) in [5, 5.41) is 35.0. The van der Waals surface area contributed by atoms with Crippen molar-refractivity contribution in [2.45, 2.75) is 13.1 Å². The van der Waals surface area contributed by atoms with Crippen molar-refractivity contribution in [2.75, 3.05) is 0 Å². The highest BCUT2D eigenvalue weighted by molar-refractivity contribution is 6.06. The number of rotatable bonds is 7. The molecule has 0 bridgehead atoms. The third-order valence-corrected chi connectivity index (χ3v) is 5.86. The highest BCUT2D eigenvalue weighted by atomic mass is 19.4. The van der Waals surface area contributed by atoms with E-state index in [0.717, 1.165) is 12.1 Å². The number of benzene rings is 4. The fraction of sp³-hybridized carbons (Fsp3) is 0.0714. The van der Waals surface area contributed by atoms with Crippen LogP contribution in [0.15, 0.2) is 93.3 Å². The van der Waals surface area contributed by atoms with E-state index in [1.807, 2.05) is 0 Å². The maximum atomic E-state index is 13.1. The first kappa shape index (κ1) is 28.4. The predicted molar refractivity (Wildman–Crippen MR) is 143 cm³/mol. The van der Waals surface area contributed by atoms with Crippen molar-refractivity contribution in [3.05, 3.63) is 95.1 Å². The quantitative estimate of drug-likeness (QED) is 0.175. The van der Waals surface area contributed by atoms with Crippen molar-refractivity contribution in [3.63, 3.8) is 0 Å². The lowest BCUT2D eigenvalue weighted by Crippen LogP contribution is -2.15. The van der Waals surface area contributed by atoms with Gasteiger partial charge in [0.2, 0.25) is 11.8 Å².